The van der Waals surface area contributed by atoms with Gasteiger partial charge in [0.1, 0.15) is 24.7 Å². The topological polar surface area (TPSA) is 119 Å². The lowest BCUT2D eigenvalue weighted by Gasteiger charge is -2.25. The van der Waals surface area contributed by atoms with Crippen molar-refractivity contribution in [3.05, 3.63) is 77.3 Å². The van der Waals surface area contributed by atoms with E-state index in [1.807, 2.05) is 0 Å². The van der Waals surface area contributed by atoms with Crippen molar-refractivity contribution in [1.82, 2.24) is 4.90 Å². The van der Waals surface area contributed by atoms with Crippen LogP contribution in [0.3, 0.4) is 0 Å². The average molecular weight is 463 g/mol. The van der Waals surface area contributed by atoms with Crippen molar-refractivity contribution in [1.29, 1.82) is 0 Å². The number of Topliss-reactive ketones (excluding diaryl/α,β-unsaturated/α-hetero) is 1. The standard InChI is InChI=1S/C25H21NO8/c1-31-19-11-14(4-6-17(19)27)22-21(24(29)25(30)26(22)13-16-3-2-8-32-16)23(28)15-5-7-18-20(12-15)34-10-9-33-18/h2-8,11-12,22,27-28H,9-10,13H2,1H3/b23-21+. The van der Waals surface area contributed by atoms with Crippen LogP contribution in [0.15, 0.2) is 64.8 Å². The van der Waals surface area contributed by atoms with Gasteiger partial charge < -0.3 is 33.7 Å². The number of aliphatic hydroxyl groups excluding tert-OH is 1. The van der Waals surface area contributed by atoms with Gasteiger partial charge in [0.15, 0.2) is 23.0 Å². The molecule has 0 bridgehead atoms. The Morgan fingerprint density at radius 1 is 1.09 bits per heavy atom. The summed E-state index contributed by atoms with van der Waals surface area (Å²) in [7, 11) is 1.40. The smallest absolute Gasteiger partial charge is 0.296 e. The second-order valence-electron chi connectivity index (χ2n) is 7.80. The summed E-state index contributed by atoms with van der Waals surface area (Å²) in [6.45, 7) is 0.778. The Bertz CT molecular complexity index is 1290. The molecule has 2 N–H and O–H groups in total. The first-order valence-electron chi connectivity index (χ1n) is 10.6. The zero-order valence-corrected chi connectivity index (χ0v) is 18.2. The number of hydrogen-bond donors (Lipinski definition) is 2. The number of amides is 1. The summed E-state index contributed by atoms with van der Waals surface area (Å²) in [5.41, 5.74) is 0.677. The number of rotatable bonds is 5. The van der Waals surface area contributed by atoms with Crippen LogP contribution in [-0.4, -0.2) is 47.1 Å². The lowest BCUT2D eigenvalue weighted by Crippen LogP contribution is -2.29. The van der Waals surface area contributed by atoms with Gasteiger partial charge in [-0.05, 0) is 48.0 Å². The monoisotopic (exact) mass is 463 g/mol. The molecule has 5 rings (SSSR count). The van der Waals surface area contributed by atoms with Crippen LogP contribution in [0, 0.1) is 0 Å². The summed E-state index contributed by atoms with van der Waals surface area (Å²) in [5.74, 6) is -0.472. The van der Waals surface area contributed by atoms with Gasteiger partial charge in [0.05, 0.1) is 31.5 Å². The summed E-state index contributed by atoms with van der Waals surface area (Å²) in [6.07, 6.45) is 1.47. The van der Waals surface area contributed by atoms with Crippen LogP contribution in [0.2, 0.25) is 0 Å². The van der Waals surface area contributed by atoms with Gasteiger partial charge >= 0.3 is 0 Å². The Morgan fingerprint density at radius 2 is 1.88 bits per heavy atom. The number of benzene rings is 2. The zero-order valence-electron chi connectivity index (χ0n) is 18.2. The number of hydrogen-bond acceptors (Lipinski definition) is 8. The van der Waals surface area contributed by atoms with E-state index in [0.29, 0.717) is 41.6 Å². The number of furan rings is 1. The normalized spacial score (nSPS) is 18.9. The third-order valence-corrected chi connectivity index (χ3v) is 5.78. The molecule has 174 valence electrons. The molecule has 3 heterocycles. The molecule has 9 heteroatoms. The first-order chi connectivity index (χ1) is 16.5. The third kappa shape index (κ3) is 3.61. The molecule has 0 radical (unpaired) electrons. The molecule has 0 spiro atoms. The molecule has 1 atom stereocenters. The van der Waals surface area contributed by atoms with E-state index >= 15 is 0 Å². The molecule has 1 fully saturated rings. The molecule has 9 nitrogen and oxygen atoms in total. The number of nitrogens with zero attached hydrogens (tertiary/aromatic N) is 1. The number of phenols is 1. The second kappa shape index (κ2) is 8.51. The molecular formula is C25H21NO8. The average Bonchev–Trinajstić information content (AvgIpc) is 3.46. The molecule has 2 aliphatic rings. The molecule has 1 saturated heterocycles. The highest BCUT2D eigenvalue weighted by Gasteiger charge is 2.46. The number of ether oxygens (including phenoxy) is 3. The molecular weight excluding hydrogens is 442 g/mol. The first-order valence-corrected chi connectivity index (χ1v) is 10.6. The minimum atomic E-state index is -0.951. The first kappa shape index (κ1) is 21.4. The number of aliphatic hydroxyl groups is 1. The molecule has 0 aliphatic carbocycles. The van der Waals surface area contributed by atoms with Gasteiger partial charge in [-0.15, -0.1) is 0 Å². The van der Waals surface area contributed by atoms with Crippen molar-refractivity contribution >= 4 is 17.4 Å². The van der Waals surface area contributed by atoms with Crippen LogP contribution in [0.4, 0.5) is 0 Å². The minimum absolute atomic E-state index is 0.00332. The second-order valence-corrected chi connectivity index (χ2v) is 7.80. The molecule has 3 aromatic rings. The molecule has 1 amide bonds. The molecule has 0 saturated carbocycles. The fraction of sp³-hybridized carbons (Fsp3) is 0.200. The van der Waals surface area contributed by atoms with Gasteiger partial charge in [0.2, 0.25) is 0 Å². The predicted octanol–water partition coefficient (Wildman–Crippen LogP) is 3.39. The highest BCUT2D eigenvalue weighted by molar-refractivity contribution is 6.46. The molecule has 1 unspecified atom stereocenters. The van der Waals surface area contributed by atoms with Gasteiger partial charge in [-0.1, -0.05) is 6.07 Å². The number of carbonyl (C=O) groups is 2. The maximum atomic E-state index is 13.2. The Balaban J connectivity index is 1.66. The van der Waals surface area contributed by atoms with Gasteiger partial charge in [-0.3, -0.25) is 9.59 Å². The van der Waals surface area contributed by atoms with E-state index in [-0.39, 0.29) is 29.4 Å². The van der Waals surface area contributed by atoms with E-state index in [1.54, 1.807) is 36.4 Å². The number of methoxy groups -OCH3 is 1. The van der Waals surface area contributed by atoms with E-state index in [9.17, 15) is 19.8 Å². The molecule has 1 aromatic heterocycles. The molecule has 34 heavy (non-hydrogen) atoms. The lowest BCUT2D eigenvalue weighted by atomic mass is 9.94. The van der Waals surface area contributed by atoms with Crippen molar-refractivity contribution in [2.24, 2.45) is 0 Å². The van der Waals surface area contributed by atoms with E-state index in [0.717, 1.165) is 0 Å². The van der Waals surface area contributed by atoms with Crippen molar-refractivity contribution < 1.29 is 38.4 Å². The van der Waals surface area contributed by atoms with E-state index in [1.165, 1.54) is 30.4 Å². The highest BCUT2D eigenvalue weighted by atomic mass is 16.6. The maximum absolute atomic E-state index is 13.2. The Hall–Kier alpha value is -4.40. The van der Waals surface area contributed by atoms with Crippen LogP contribution in [-0.2, 0) is 16.1 Å². The molecule has 2 aliphatic heterocycles. The van der Waals surface area contributed by atoms with Crippen molar-refractivity contribution in [3.63, 3.8) is 0 Å². The fourth-order valence-electron chi connectivity index (χ4n) is 4.17. The number of aromatic hydroxyl groups is 1. The van der Waals surface area contributed by atoms with Crippen LogP contribution < -0.4 is 14.2 Å². The van der Waals surface area contributed by atoms with E-state index in [2.05, 4.69) is 0 Å². The van der Waals surface area contributed by atoms with Gasteiger partial charge in [-0.2, -0.15) is 0 Å². The summed E-state index contributed by atoms with van der Waals surface area (Å²) < 4.78 is 21.7. The van der Waals surface area contributed by atoms with Crippen LogP contribution in [0.5, 0.6) is 23.0 Å². The van der Waals surface area contributed by atoms with Crippen molar-refractivity contribution in [2.45, 2.75) is 12.6 Å². The van der Waals surface area contributed by atoms with E-state index < -0.39 is 17.7 Å². The molecule has 2 aromatic carbocycles. The van der Waals surface area contributed by atoms with Crippen LogP contribution in [0.25, 0.3) is 5.76 Å². The summed E-state index contributed by atoms with van der Waals surface area (Å²) in [4.78, 5) is 27.6. The zero-order chi connectivity index (χ0) is 23.8. The Labute approximate surface area is 194 Å². The predicted molar refractivity (Wildman–Crippen MR) is 119 cm³/mol. The Kier molecular flexibility index (Phi) is 5.37. The summed E-state index contributed by atoms with van der Waals surface area (Å²) in [6, 6.07) is 11.7. The van der Waals surface area contributed by atoms with Gasteiger partial charge in [-0.25, -0.2) is 0 Å². The van der Waals surface area contributed by atoms with Gasteiger partial charge in [0, 0.05) is 5.56 Å². The van der Waals surface area contributed by atoms with E-state index in [4.69, 9.17) is 18.6 Å². The van der Waals surface area contributed by atoms with Gasteiger partial charge in [0.25, 0.3) is 11.7 Å². The summed E-state index contributed by atoms with van der Waals surface area (Å²) in [5, 5.41) is 21.3. The number of likely N-dealkylation sites (tertiary alicyclic amines) is 1. The SMILES string of the molecule is COc1cc(C2/C(=C(\O)c3ccc4c(c3)OCCO4)C(=O)C(=O)N2Cc2ccco2)ccc1O. The minimum Gasteiger partial charge on any atom is -0.507 e. The maximum Gasteiger partial charge on any atom is 0.296 e. The highest BCUT2D eigenvalue weighted by Crippen LogP contribution is 2.43. The van der Waals surface area contributed by atoms with Crippen molar-refractivity contribution in [2.75, 3.05) is 20.3 Å². The summed E-state index contributed by atoms with van der Waals surface area (Å²) >= 11 is 0. The quantitative estimate of drug-likeness (QED) is 0.336. The number of ketones is 1. The number of carbonyl (C=O) groups excluding carboxylic acids is 2. The van der Waals surface area contributed by atoms with Crippen LogP contribution in [0.1, 0.15) is 22.9 Å². The number of fused-ring (bicyclic) bond motifs is 1. The van der Waals surface area contributed by atoms with Crippen molar-refractivity contribution in [3.8, 4) is 23.0 Å². The Morgan fingerprint density at radius 3 is 2.62 bits per heavy atom. The largest absolute Gasteiger partial charge is 0.507 e. The fourth-order valence-corrected chi connectivity index (χ4v) is 4.17. The lowest BCUT2D eigenvalue weighted by molar-refractivity contribution is -0.140. The third-order valence-electron chi connectivity index (χ3n) is 5.78. The van der Waals surface area contributed by atoms with Crippen LogP contribution >= 0.6 is 0 Å². The number of phenolic OH excluding ortho intramolecular Hbond substituents is 1.